The number of phenolic OH excluding ortho intramolecular Hbond substituents is 1. The van der Waals surface area contributed by atoms with Crippen LogP contribution < -0.4 is 42.0 Å². The number of rotatable bonds is 35. The molecule has 1 aliphatic heterocycles. The van der Waals surface area contributed by atoms with Crippen LogP contribution in [0.25, 0.3) is 10.4 Å². The normalized spacial score (nSPS) is 15.1. The Morgan fingerprint density at radius 3 is 1.95 bits per heavy atom. The molecule has 0 radical (unpaired) electrons. The van der Waals surface area contributed by atoms with Crippen LogP contribution in [0, 0.1) is 19.3 Å². The predicted octanol–water partition coefficient (Wildman–Crippen LogP) is 8.48. The van der Waals surface area contributed by atoms with Crippen molar-refractivity contribution in [1.82, 2.24) is 47.1 Å². The minimum absolute atomic E-state index is 0.0373. The number of thiazole rings is 1. The van der Waals surface area contributed by atoms with E-state index in [1.807, 2.05) is 58.9 Å². The summed E-state index contributed by atoms with van der Waals surface area (Å²) in [6, 6.07) is 23.6. The van der Waals surface area contributed by atoms with Crippen molar-refractivity contribution in [3.8, 4) is 21.9 Å². The molecule has 5 aromatic carbocycles. The third-order valence-electron chi connectivity index (χ3n) is 17.1. The van der Waals surface area contributed by atoms with Crippen molar-refractivity contribution in [2.75, 3.05) is 26.7 Å². The van der Waals surface area contributed by atoms with Gasteiger partial charge in [0.05, 0.1) is 35.7 Å². The molecule has 1 aromatic heterocycles. The highest BCUT2D eigenvalue weighted by Crippen LogP contribution is 2.59. The Morgan fingerprint density at radius 1 is 0.700 bits per heavy atom. The van der Waals surface area contributed by atoms with E-state index in [1.165, 1.54) is 41.5 Å². The zero-order valence-corrected chi connectivity index (χ0v) is 60.1. The van der Waals surface area contributed by atoms with Crippen molar-refractivity contribution < 1.29 is 76.4 Å². The largest absolute Gasteiger partial charge is 0.504 e. The summed E-state index contributed by atoms with van der Waals surface area (Å²) in [7, 11) is -4.62. The van der Waals surface area contributed by atoms with Crippen molar-refractivity contribution in [2.45, 2.75) is 167 Å². The number of aromatic hydroxyl groups is 1. The molecule has 6 atom stereocenters. The Hall–Kier alpha value is -8.46. The molecule has 11 N–H and O–H groups in total. The van der Waals surface area contributed by atoms with Gasteiger partial charge in [-0.2, -0.15) is 8.78 Å². The minimum Gasteiger partial charge on any atom is -0.504 e. The second kappa shape index (κ2) is 36.8. The maximum absolute atomic E-state index is 14.8. The molecule has 8 amide bonds. The number of hydrogen-bond acceptors (Lipinski definition) is 14. The number of aliphatic hydroxyl groups excluding tert-OH is 1. The molecule has 0 bridgehead atoms. The van der Waals surface area contributed by atoms with Gasteiger partial charge in [0.1, 0.15) is 30.2 Å². The first kappa shape index (κ1) is 78.9. The van der Waals surface area contributed by atoms with E-state index in [0.29, 0.717) is 61.6 Å². The number of halogens is 3. The van der Waals surface area contributed by atoms with Crippen molar-refractivity contribution in [2.24, 2.45) is 5.41 Å². The van der Waals surface area contributed by atoms with Crippen LogP contribution in [0.1, 0.15) is 134 Å². The summed E-state index contributed by atoms with van der Waals surface area (Å²) in [4.78, 5) is 137. The molecule has 0 saturated carbocycles. The average molecular weight is 1490 g/mol. The van der Waals surface area contributed by atoms with Crippen LogP contribution in [-0.4, -0.2) is 140 Å². The highest BCUT2D eigenvalue weighted by atomic mass is 79.9. The van der Waals surface area contributed by atoms with E-state index >= 15 is 0 Å². The first-order valence-electron chi connectivity index (χ1n) is 33.1. The van der Waals surface area contributed by atoms with Gasteiger partial charge in [-0.1, -0.05) is 147 Å². The number of phenols is 1. The molecule has 1 fully saturated rings. The lowest BCUT2D eigenvalue weighted by Gasteiger charge is -2.35. The fourth-order valence-corrected chi connectivity index (χ4v) is 13.1. The number of benzene rings is 5. The quantitative estimate of drug-likeness (QED) is 0.0131. The van der Waals surface area contributed by atoms with Gasteiger partial charge in [-0.25, -0.2) is 4.98 Å². The van der Waals surface area contributed by atoms with Gasteiger partial charge >= 0.3 is 13.3 Å². The number of β-amino-alcohol motifs (C(OH)–C–C–N with tert-alkyl or cyclic N) is 1. The lowest BCUT2D eigenvalue weighted by molar-refractivity contribution is -0.144. The summed E-state index contributed by atoms with van der Waals surface area (Å²) in [5.41, 5.74) is 0.803. The number of alkyl halides is 2. The molecule has 28 heteroatoms. The molecule has 1 aliphatic rings. The highest BCUT2D eigenvalue weighted by molar-refractivity contribution is 9.10. The molecule has 7 rings (SSSR count). The van der Waals surface area contributed by atoms with Crippen molar-refractivity contribution in [1.29, 1.82) is 0 Å². The summed E-state index contributed by atoms with van der Waals surface area (Å²) in [6.45, 7) is 9.74. The monoisotopic (exact) mass is 1480 g/mol. The number of methoxy groups -OCH3 is 1. The maximum Gasteiger partial charge on any atom is 0.399 e. The van der Waals surface area contributed by atoms with Gasteiger partial charge in [0.2, 0.25) is 41.4 Å². The van der Waals surface area contributed by atoms with Gasteiger partial charge in [0, 0.05) is 67.5 Å². The number of nitrogens with one attached hydrogen (secondary N) is 7. The molecule has 538 valence electrons. The first-order chi connectivity index (χ1) is 47.4. The number of ether oxygens (including phenoxy) is 1. The second-order valence-corrected chi connectivity index (χ2v) is 29.4. The lowest BCUT2D eigenvalue weighted by Crippen LogP contribution is -2.57. The highest BCUT2D eigenvalue weighted by Gasteiger charge is 2.50. The summed E-state index contributed by atoms with van der Waals surface area (Å²) in [6.07, 6.45) is 2.01. The van der Waals surface area contributed by atoms with Gasteiger partial charge in [0.15, 0.2) is 11.5 Å². The topological polar surface area (TPSA) is 344 Å². The summed E-state index contributed by atoms with van der Waals surface area (Å²) >= 11 is 4.99. The predicted molar refractivity (Wildman–Crippen MR) is 378 cm³/mol. The number of carbonyl (C=O) groups is 8. The number of unbranched alkanes of at least 4 members (excludes halogenated alkanes) is 5. The number of amides is 8. The third kappa shape index (κ3) is 23.0. The van der Waals surface area contributed by atoms with E-state index in [-0.39, 0.29) is 87.2 Å². The maximum atomic E-state index is 14.8. The van der Waals surface area contributed by atoms with E-state index in [1.54, 1.807) is 54.0 Å². The van der Waals surface area contributed by atoms with E-state index in [2.05, 4.69) is 58.1 Å². The number of hydrogen-bond donors (Lipinski definition) is 11. The fraction of sp³-hybridized carbons (Fsp3) is 0.431. The van der Waals surface area contributed by atoms with Gasteiger partial charge in [-0.15, -0.1) is 11.3 Å². The Kier molecular flexibility index (Phi) is 29.0. The summed E-state index contributed by atoms with van der Waals surface area (Å²) in [5.74, 6) is -4.59. The average Bonchev–Trinajstić information content (AvgIpc) is 1.08. The molecule has 100 heavy (non-hydrogen) atoms. The van der Waals surface area contributed by atoms with Crippen LogP contribution >= 0.6 is 34.9 Å². The molecular weight excluding hydrogens is 1400 g/mol. The van der Waals surface area contributed by atoms with Crippen LogP contribution in [-0.2, 0) is 69.6 Å². The minimum atomic E-state index is -5.97. The Morgan fingerprint density at radius 2 is 1.31 bits per heavy atom. The van der Waals surface area contributed by atoms with Crippen molar-refractivity contribution >= 4 is 82.1 Å². The molecular formula is C72H89BrF2N9O14PS. The summed E-state index contributed by atoms with van der Waals surface area (Å²) < 4.78 is 47.4. The van der Waals surface area contributed by atoms with E-state index in [0.717, 1.165) is 56.0 Å². The van der Waals surface area contributed by atoms with E-state index in [9.17, 15) is 71.7 Å². The Bertz CT molecular complexity index is 3860. The molecule has 2 heterocycles. The van der Waals surface area contributed by atoms with E-state index < -0.39 is 102 Å². The van der Waals surface area contributed by atoms with Gasteiger partial charge in [-0.05, 0) is 109 Å². The van der Waals surface area contributed by atoms with E-state index in [4.69, 9.17) is 4.74 Å². The molecule has 0 aliphatic carbocycles. The van der Waals surface area contributed by atoms with Crippen LogP contribution in [0.15, 0.2) is 125 Å². The fourth-order valence-electron chi connectivity index (χ4n) is 11.4. The van der Waals surface area contributed by atoms with Crippen LogP contribution in [0.4, 0.5) is 8.78 Å². The van der Waals surface area contributed by atoms with Gasteiger partial charge in [0.25, 0.3) is 5.91 Å². The lowest BCUT2D eigenvalue weighted by atomic mass is 9.85. The van der Waals surface area contributed by atoms with Crippen LogP contribution in [0.5, 0.6) is 11.5 Å². The van der Waals surface area contributed by atoms with Gasteiger partial charge in [-0.3, -0.25) is 42.9 Å². The molecule has 1 saturated heterocycles. The number of carbonyl (C=O) groups excluding carboxylic acids is 8. The zero-order chi connectivity index (χ0) is 72.9. The standard InChI is InChI=1S/C72H89BrF2N9O14PS/c1-44-21-27-51(39-54(44)73)65(89)76-34-16-14-19-55(66(90)77-33-15-9-7-8-13-20-61(87)83-64(71(3,4)5)70(94)84-42-53(85)40-58(84)69(93)78-41-48-22-28-50(29-23-48)63-45(2)79-43-100-63)81-68(92)57(36-47-24-30-52(31-25-47)72(74,75)99(95,96)97)82-67(91)56(35-46-17-11-10-12-18-46)80-62(88)38-49-26-32-59(86)60(37-49)98-6/h10-12,17-18,21-32,37,39,43,53,55-58,64,85-86H,7-9,13-16,19-20,33-36,38,40-42H2,1-6H3,(H,76,89)(H,77,90)(H,78,93)(H,80,88)(H,81,92)(H,82,91)(H,83,87)(H2,95,96,97)/t53-,55+,56+,57+,58+,64-/m1/s1. The van der Waals surface area contributed by atoms with Crippen molar-refractivity contribution in [3.05, 3.63) is 170 Å². The Balaban J connectivity index is 0.978. The van der Waals surface area contributed by atoms with Crippen LogP contribution in [0.2, 0.25) is 0 Å². The number of aromatic nitrogens is 1. The number of nitrogens with zero attached hydrogens (tertiary/aromatic N) is 2. The smallest absolute Gasteiger partial charge is 0.399 e. The SMILES string of the molecule is COc1cc(CC(=O)N[C@@H](Cc2ccccc2)C(=O)N[C@@H](Cc2ccc(C(F)(F)P(=O)(O)O)cc2)C(=O)N[C@@H](CCCCNC(=O)c2ccc(C)c(Br)c2)C(=O)NCCCCCCCC(=O)N[C@H](C(=O)N2C[C@H](O)C[C@H]2C(=O)NCc2ccc(-c3scnc3C)cc2)C(C)(C)C)ccc1O. The summed E-state index contributed by atoms with van der Waals surface area (Å²) in [5, 5.41) is 40.7. The molecule has 23 nitrogen and oxygen atoms in total. The zero-order valence-electron chi connectivity index (χ0n) is 56.8. The van der Waals surface area contributed by atoms with Crippen molar-refractivity contribution in [3.63, 3.8) is 0 Å². The second-order valence-electron chi connectivity index (χ2n) is 26.1. The number of aryl methyl sites for hydroxylation is 2. The number of likely N-dealkylation sites (tertiary alicyclic amines) is 1. The van der Waals surface area contributed by atoms with Gasteiger partial charge < -0.3 is 66.9 Å². The third-order valence-corrected chi connectivity index (χ3v) is 20.0. The Labute approximate surface area is 593 Å². The van der Waals surface area contributed by atoms with Crippen LogP contribution in [0.3, 0.4) is 0 Å². The first-order valence-corrected chi connectivity index (χ1v) is 36.4. The number of aliphatic hydroxyl groups is 1. The molecule has 0 spiro atoms. The molecule has 6 aromatic rings. The molecule has 0 unspecified atom stereocenters.